The fourth-order valence-corrected chi connectivity index (χ4v) is 2.70. The molecule has 0 saturated carbocycles. The molecule has 148 valence electrons. The molecule has 28 heavy (non-hydrogen) atoms. The molecule has 0 aliphatic carbocycles. The van der Waals surface area contributed by atoms with Crippen molar-refractivity contribution in [3.8, 4) is 0 Å². The van der Waals surface area contributed by atoms with Gasteiger partial charge in [0.2, 0.25) is 0 Å². The molecule has 2 rings (SSSR count). The third kappa shape index (κ3) is 5.82. The molecule has 0 aliphatic heterocycles. The maximum atomic E-state index is 12.5. The second-order valence-corrected chi connectivity index (χ2v) is 7.05. The minimum atomic E-state index is -0.875. The molecule has 0 spiro atoms. The highest BCUT2D eigenvalue weighted by atomic mass is 35.5. The summed E-state index contributed by atoms with van der Waals surface area (Å²) in [5, 5.41) is 5.64. The van der Waals surface area contributed by atoms with Gasteiger partial charge in [-0.25, -0.2) is 4.79 Å². The summed E-state index contributed by atoms with van der Waals surface area (Å²) in [4.78, 5) is 36.9. The molecular weight excluding hydrogens is 380 g/mol. The molecule has 0 fully saturated rings. The molecule has 6 nitrogen and oxygen atoms in total. The van der Waals surface area contributed by atoms with Gasteiger partial charge in [-0.2, -0.15) is 0 Å². The van der Waals surface area contributed by atoms with Crippen LogP contribution in [-0.2, 0) is 14.3 Å². The number of esters is 1. The molecule has 0 bridgehead atoms. The van der Waals surface area contributed by atoms with Crippen LogP contribution in [0.2, 0.25) is 5.02 Å². The zero-order valence-corrected chi connectivity index (χ0v) is 16.7. The van der Waals surface area contributed by atoms with Crippen LogP contribution in [0.15, 0.2) is 48.5 Å². The van der Waals surface area contributed by atoms with Gasteiger partial charge in [-0.1, -0.05) is 55.8 Å². The van der Waals surface area contributed by atoms with E-state index in [0.717, 1.165) is 5.56 Å². The molecule has 0 saturated heterocycles. The summed E-state index contributed by atoms with van der Waals surface area (Å²) in [5.41, 5.74) is 1.71. The molecule has 2 aromatic rings. The molecule has 0 radical (unpaired) electrons. The highest BCUT2D eigenvalue weighted by Gasteiger charge is 2.27. The summed E-state index contributed by atoms with van der Waals surface area (Å²) in [5.74, 6) is -1.78. The molecule has 0 aliphatic rings. The van der Waals surface area contributed by atoms with Crippen molar-refractivity contribution < 1.29 is 19.1 Å². The Balaban J connectivity index is 1.95. The third-order valence-electron chi connectivity index (χ3n) is 4.09. The number of carbonyl (C=O) groups is 3. The molecule has 2 amide bonds. The largest absolute Gasteiger partial charge is 0.454 e. The lowest BCUT2D eigenvalue weighted by atomic mass is 10.0. The van der Waals surface area contributed by atoms with Crippen molar-refractivity contribution in [2.24, 2.45) is 5.92 Å². The van der Waals surface area contributed by atoms with E-state index in [4.69, 9.17) is 16.3 Å². The Morgan fingerprint density at radius 3 is 2.32 bits per heavy atom. The van der Waals surface area contributed by atoms with E-state index in [2.05, 4.69) is 10.6 Å². The van der Waals surface area contributed by atoms with Crippen LogP contribution in [0.1, 0.15) is 29.8 Å². The Labute approximate surface area is 169 Å². The lowest BCUT2D eigenvalue weighted by Gasteiger charge is -2.21. The standard InChI is InChI=1S/C21H23ClN2O4/c1-13(2)19(24-20(26)15-9-5-4-8-14(15)3)21(27)28-12-18(25)23-17-11-7-6-10-16(17)22/h4-11,13,19H,12H2,1-3H3,(H,23,25)(H,24,26)/t19-/m0/s1. The van der Waals surface area contributed by atoms with E-state index >= 15 is 0 Å². The van der Waals surface area contributed by atoms with Crippen LogP contribution in [0.5, 0.6) is 0 Å². The summed E-state index contributed by atoms with van der Waals surface area (Å²) in [6.07, 6.45) is 0. The van der Waals surface area contributed by atoms with Crippen LogP contribution in [0, 0.1) is 12.8 Å². The van der Waals surface area contributed by atoms with Crippen molar-refractivity contribution >= 4 is 35.1 Å². The molecule has 2 N–H and O–H groups in total. The van der Waals surface area contributed by atoms with E-state index in [-0.39, 0.29) is 11.8 Å². The lowest BCUT2D eigenvalue weighted by molar-refractivity contribution is -0.150. The van der Waals surface area contributed by atoms with Gasteiger partial charge in [0.15, 0.2) is 6.61 Å². The number of benzene rings is 2. The summed E-state index contributed by atoms with van der Waals surface area (Å²) >= 11 is 5.98. The fourth-order valence-electron chi connectivity index (χ4n) is 2.52. The first-order valence-corrected chi connectivity index (χ1v) is 9.25. The first-order chi connectivity index (χ1) is 13.3. The maximum Gasteiger partial charge on any atom is 0.329 e. The molecule has 7 heteroatoms. The van der Waals surface area contributed by atoms with Crippen molar-refractivity contribution in [1.29, 1.82) is 0 Å². The normalized spacial score (nSPS) is 11.6. The number of aryl methyl sites for hydroxylation is 1. The van der Waals surface area contributed by atoms with Gasteiger partial charge in [0.1, 0.15) is 6.04 Å². The highest BCUT2D eigenvalue weighted by Crippen LogP contribution is 2.20. The number of halogens is 1. The molecule has 1 atom stereocenters. The lowest BCUT2D eigenvalue weighted by Crippen LogP contribution is -2.46. The van der Waals surface area contributed by atoms with Crippen molar-refractivity contribution in [3.63, 3.8) is 0 Å². The summed E-state index contributed by atoms with van der Waals surface area (Å²) < 4.78 is 5.10. The predicted octanol–water partition coefficient (Wildman–Crippen LogP) is 3.58. The fraction of sp³-hybridized carbons (Fsp3) is 0.286. The van der Waals surface area contributed by atoms with Gasteiger partial charge in [0, 0.05) is 5.56 Å². The van der Waals surface area contributed by atoms with E-state index in [0.29, 0.717) is 16.3 Å². The van der Waals surface area contributed by atoms with Crippen LogP contribution < -0.4 is 10.6 Å². The second kappa shape index (κ2) is 9.90. The Bertz CT molecular complexity index is 867. The van der Waals surface area contributed by atoms with E-state index in [9.17, 15) is 14.4 Å². The van der Waals surface area contributed by atoms with Crippen molar-refractivity contribution in [2.75, 3.05) is 11.9 Å². The van der Waals surface area contributed by atoms with Crippen LogP contribution in [0.4, 0.5) is 5.69 Å². The van der Waals surface area contributed by atoms with Crippen LogP contribution in [0.3, 0.4) is 0 Å². The topological polar surface area (TPSA) is 84.5 Å². The monoisotopic (exact) mass is 402 g/mol. The average molecular weight is 403 g/mol. The number of amides is 2. The van der Waals surface area contributed by atoms with Gasteiger partial charge >= 0.3 is 5.97 Å². The second-order valence-electron chi connectivity index (χ2n) is 6.65. The molecule has 0 aromatic heterocycles. The van der Waals surface area contributed by atoms with Crippen molar-refractivity contribution in [2.45, 2.75) is 26.8 Å². The van der Waals surface area contributed by atoms with Crippen LogP contribution in [0.25, 0.3) is 0 Å². The Morgan fingerprint density at radius 2 is 1.68 bits per heavy atom. The first kappa shape index (κ1) is 21.4. The predicted molar refractivity (Wildman–Crippen MR) is 108 cm³/mol. The maximum absolute atomic E-state index is 12.5. The van der Waals surface area contributed by atoms with Gasteiger partial charge in [-0.05, 0) is 36.6 Å². The number of nitrogens with one attached hydrogen (secondary N) is 2. The van der Waals surface area contributed by atoms with E-state index in [1.54, 1.807) is 50.2 Å². The van der Waals surface area contributed by atoms with Gasteiger partial charge in [0.05, 0.1) is 10.7 Å². The molecule has 0 heterocycles. The number of hydrogen-bond acceptors (Lipinski definition) is 4. The average Bonchev–Trinajstić information content (AvgIpc) is 2.66. The third-order valence-corrected chi connectivity index (χ3v) is 4.42. The van der Waals surface area contributed by atoms with Gasteiger partial charge in [-0.15, -0.1) is 0 Å². The van der Waals surface area contributed by atoms with Crippen molar-refractivity contribution in [3.05, 3.63) is 64.7 Å². The van der Waals surface area contributed by atoms with E-state index in [1.165, 1.54) is 0 Å². The minimum Gasteiger partial charge on any atom is -0.454 e. The summed E-state index contributed by atoms with van der Waals surface area (Å²) in [6.45, 7) is 4.91. The summed E-state index contributed by atoms with van der Waals surface area (Å²) in [6, 6.07) is 13.0. The Hall–Kier alpha value is -2.86. The minimum absolute atomic E-state index is 0.216. The number of carbonyl (C=O) groups excluding carboxylic acids is 3. The van der Waals surface area contributed by atoms with Crippen molar-refractivity contribution in [1.82, 2.24) is 5.32 Å². The van der Waals surface area contributed by atoms with E-state index in [1.807, 2.05) is 19.1 Å². The van der Waals surface area contributed by atoms with Gasteiger partial charge in [-0.3, -0.25) is 9.59 Å². The number of rotatable bonds is 7. The SMILES string of the molecule is Cc1ccccc1C(=O)N[C@H](C(=O)OCC(=O)Nc1ccccc1Cl)C(C)C. The number of hydrogen-bond donors (Lipinski definition) is 2. The number of para-hydroxylation sites is 1. The number of anilines is 1. The molecule has 2 aromatic carbocycles. The van der Waals surface area contributed by atoms with E-state index < -0.39 is 24.5 Å². The zero-order chi connectivity index (χ0) is 20.7. The first-order valence-electron chi connectivity index (χ1n) is 8.87. The Kier molecular flexibility index (Phi) is 7.58. The van der Waals surface area contributed by atoms with Gasteiger partial charge < -0.3 is 15.4 Å². The quantitative estimate of drug-likeness (QED) is 0.693. The van der Waals surface area contributed by atoms with Gasteiger partial charge in [0.25, 0.3) is 11.8 Å². The Morgan fingerprint density at radius 1 is 1.04 bits per heavy atom. The molecular formula is C21H23ClN2O4. The number of ether oxygens (including phenoxy) is 1. The molecule has 0 unspecified atom stereocenters. The van der Waals surface area contributed by atoms with Crippen LogP contribution >= 0.6 is 11.6 Å². The van der Waals surface area contributed by atoms with Crippen LogP contribution in [-0.4, -0.2) is 30.4 Å². The summed E-state index contributed by atoms with van der Waals surface area (Å²) in [7, 11) is 0. The highest BCUT2D eigenvalue weighted by molar-refractivity contribution is 6.33. The smallest absolute Gasteiger partial charge is 0.329 e. The zero-order valence-electron chi connectivity index (χ0n) is 16.0.